The van der Waals surface area contributed by atoms with Gasteiger partial charge in [-0.2, -0.15) is 8.78 Å². The van der Waals surface area contributed by atoms with Gasteiger partial charge < -0.3 is 25.3 Å². The fourth-order valence-corrected chi connectivity index (χ4v) is 3.06. The first-order valence-corrected chi connectivity index (χ1v) is 7.90. The van der Waals surface area contributed by atoms with E-state index in [-0.39, 0.29) is 28.1 Å². The van der Waals surface area contributed by atoms with Gasteiger partial charge in [0, 0.05) is 22.6 Å². The van der Waals surface area contributed by atoms with E-state index in [1.165, 1.54) is 32.4 Å². The molecule has 0 saturated heterocycles. The molecule has 2 rings (SSSR count). The van der Waals surface area contributed by atoms with Crippen molar-refractivity contribution in [2.45, 2.75) is 26.4 Å². The number of methoxy groups -OCH3 is 2. The summed E-state index contributed by atoms with van der Waals surface area (Å²) in [5, 5.41) is 2.92. The summed E-state index contributed by atoms with van der Waals surface area (Å²) < 4.78 is 40.0. The van der Waals surface area contributed by atoms with Gasteiger partial charge >= 0.3 is 18.6 Å². The van der Waals surface area contributed by atoms with Crippen molar-refractivity contribution in [2.75, 3.05) is 20.0 Å². The number of nitrogens with one attached hydrogen (secondary N) is 1. The lowest BCUT2D eigenvalue weighted by atomic mass is 9.80. The second kappa shape index (κ2) is 8.07. The van der Waals surface area contributed by atoms with Crippen molar-refractivity contribution < 1.29 is 32.6 Å². The highest BCUT2D eigenvalue weighted by atomic mass is 19.3. The van der Waals surface area contributed by atoms with Crippen molar-refractivity contribution in [2.24, 2.45) is 0 Å². The predicted octanol–water partition coefficient (Wildman–Crippen LogP) is 2.45. The average molecular weight is 382 g/mol. The number of hydrogen-bond acceptors (Lipinski definition) is 7. The third-order valence-corrected chi connectivity index (χ3v) is 4.13. The molecule has 27 heavy (non-hydrogen) atoms. The number of dihydropyridines is 1. The molecule has 1 heterocycles. The molecule has 3 N–H and O–H groups in total. The molecule has 0 atom stereocenters. The molecule has 0 aliphatic carbocycles. The summed E-state index contributed by atoms with van der Waals surface area (Å²) >= 11 is 0. The van der Waals surface area contributed by atoms with Crippen LogP contribution in [0, 0.1) is 0 Å². The Kier molecular flexibility index (Phi) is 6.04. The van der Waals surface area contributed by atoms with E-state index >= 15 is 0 Å². The molecule has 0 saturated carbocycles. The second-order valence-electron chi connectivity index (χ2n) is 5.79. The summed E-state index contributed by atoms with van der Waals surface area (Å²) in [7, 11) is 2.36. The highest BCUT2D eigenvalue weighted by Gasteiger charge is 2.39. The van der Waals surface area contributed by atoms with Crippen LogP contribution in [0.1, 0.15) is 25.3 Å². The fraction of sp³-hybridized carbons (Fsp3) is 0.333. The van der Waals surface area contributed by atoms with E-state index in [0.29, 0.717) is 11.4 Å². The van der Waals surface area contributed by atoms with Crippen molar-refractivity contribution in [3.63, 3.8) is 0 Å². The zero-order valence-corrected chi connectivity index (χ0v) is 15.3. The molecule has 146 valence electrons. The first-order chi connectivity index (χ1) is 12.7. The minimum Gasteiger partial charge on any atom is -0.466 e. The van der Waals surface area contributed by atoms with E-state index in [4.69, 9.17) is 15.2 Å². The Balaban J connectivity index is 2.79. The van der Waals surface area contributed by atoms with Gasteiger partial charge in [-0.15, -0.1) is 0 Å². The maximum absolute atomic E-state index is 12.9. The summed E-state index contributed by atoms with van der Waals surface area (Å²) in [6.45, 7) is 0.112. The molecule has 0 unspecified atom stereocenters. The van der Waals surface area contributed by atoms with Crippen LogP contribution in [-0.4, -0.2) is 32.8 Å². The van der Waals surface area contributed by atoms with Gasteiger partial charge in [-0.25, -0.2) is 9.59 Å². The van der Waals surface area contributed by atoms with Crippen molar-refractivity contribution in [3.8, 4) is 5.75 Å². The van der Waals surface area contributed by atoms with Gasteiger partial charge in [-0.05, 0) is 32.0 Å². The minimum absolute atomic E-state index is 0.0632. The number of ether oxygens (including phenoxy) is 3. The predicted molar refractivity (Wildman–Crippen MR) is 92.8 cm³/mol. The molecule has 0 radical (unpaired) electrons. The molecule has 0 spiro atoms. The van der Waals surface area contributed by atoms with E-state index in [9.17, 15) is 18.4 Å². The molecule has 1 aromatic rings. The van der Waals surface area contributed by atoms with Gasteiger partial charge in [0.2, 0.25) is 0 Å². The van der Waals surface area contributed by atoms with Crippen LogP contribution in [0.5, 0.6) is 5.75 Å². The average Bonchev–Trinajstić information content (AvgIpc) is 2.61. The molecule has 1 aliphatic rings. The first kappa shape index (κ1) is 20.2. The molecule has 1 aromatic carbocycles. The number of halogens is 2. The van der Waals surface area contributed by atoms with Crippen LogP contribution in [0.4, 0.5) is 14.5 Å². The SMILES string of the molecule is COC(=O)C1=C(C)NC(C)=C(C(=O)OC)C1c1cc(N)ccc1OC(F)F. The topological polar surface area (TPSA) is 99.9 Å². The maximum atomic E-state index is 12.9. The number of hydrogen-bond donors (Lipinski definition) is 2. The summed E-state index contributed by atoms with van der Waals surface area (Å²) in [5.41, 5.74) is 7.12. The third-order valence-electron chi connectivity index (χ3n) is 4.13. The maximum Gasteiger partial charge on any atom is 0.387 e. The van der Waals surface area contributed by atoms with E-state index in [1.54, 1.807) is 13.8 Å². The zero-order valence-electron chi connectivity index (χ0n) is 15.3. The van der Waals surface area contributed by atoms with Crippen molar-refractivity contribution in [3.05, 3.63) is 46.3 Å². The number of carbonyl (C=O) groups is 2. The van der Waals surface area contributed by atoms with Gasteiger partial charge in [0.05, 0.1) is 31.3 Å². The number of allylic oxidation sites excluding steroid dienone is 2. The summed E-state index contributed by atoms with van der Waals surface area (Å²) in [6.07, 6.45) is 0. The van der Waals surface area contributed by atoms with Crippen LogP contribution >= 0.6 is 0 Å². The van der Waals surface area contributed by atoms with Crippen LogP contribution in [0.25, 0.3) is 0 Å². The fourth-order valence-electron chi connectivity index (χ4n) is 3.06. The highest BCUT2D eigenvalue weighted by Crippen LogP contribution is 2.43. The Morgan fingerprint density at radius 1 is 1.07 bits per heavy atom. The Bertz CT molecular complexity index is 795. The van der Waals surface area contributed by atoms with Crippen LogP contribution < -0.4 is 15.8 Å². The standard InChI is InChI=1S/C18H20F2N2O5/c1-8-13(16(23)25-3)15(14(9(2)22-8)17(24)26-4)11-7-10(21)5-6-12(11)27-18(19)20/h5-7,15,18,22H,21H2,1-4H3. The Labute approximate surface area is 154 Å². The lowest BCUT2D eigenvalue weighted by Gasteiger charge is -2.31. The highest BCUT2D eigenvalue weighted by molar-refractivity contribution is 6.00. The van der Waals surface area contributed by atoms with E-state index in [1.807, 2.05) is 0 Å². The van der Waals surface area contributed by atoms with E-state index in [2.05, 4.69) is 10.1 Å². The zero-order chi connectivity index (χ0) is 20.3. The van der Waals surface area contributed by atoms with E-state index < -0.39 is 24.5 Å². The van der Waals surface area contributed by atoms with Gasteiger partial charge in [0.25, 0.3) is 0 Å². The van der Waals surface area contributed by atoms with Gasteiger partial charge in [-0.1, -0.05) is 0 Å². The number of anilines is 1. The molecule has 1 aliphatic heterocycles. The Morgan fingerprint density at radius 2 is 1.59 bits per heavy atom. The number of alkyl halides is 2. The summed E-state index contributed by atoms with van der Waals surface area (Å²) in [6, 6.07) is 4.01. The number of rotatable bonds is 5. The number of benzene rings is 1. The molecule has 9 heteroatoms. The van der Waals surface area contributed by atoms with Gasteiger partial charge in [-0.3, -0.25) is 0 Å². The molecule has 0 fully saturated rings. The normalized spacial score (nSPS) is 14.9. The lowest BCUT2D eigenvalue weighted by molar-refractivity contribution is -0.137. The molecule has 0 amide bonds. The van der Waals surface area contributed by atoms with Gasteiger partial charge in [0.1, 0.15) is 5.75 Å². The van der Waals surface area contributed by atoms with Crippen molar-refractivity contribution in [1.29, 1.82) is 0 Å². The van der Waals surface area contributed by atoms with Crippen LogP contribution in [-0.2, 0) is 19.1 Å². The minimum atomic E-state index is -3.10. The number of nitrogens with two attached hydrogens (primary N) is 1. The third kappa shape index (κ3) is 4.02. The Hall–Kier alpha value is -3.10. The number of carbonyl (C=O) groups excluding carboxylic acids is 2. The molecule has 7 nitrogen and oxygen atoms in total. The Morgan fingerprint density at radius 3 is 2.04 bits per heavy atom. The second-order valence-corrected chi connectivity index (χ2v) is 5.79. The molecular formula is C18H20F2N2O5. The quantitative estimate of drug-likeness (QED) is 0.596. The molecular weight excluding hydrogens is 362 g/mol. The van der Waals surface area contributed by atoms with Crippen LogP contribution in [0.3, 0.4) is 0 Å². The van der Waals surface area contributed by atoms with Crippen LogP contribution in [0.15, 0.2) is 40.7 Å². The summed E-state index contributed by atoms with van der Waals surface area (Å²) in [5.74, 6) is -2.74. The van der Waals surface area contributed by atoms with Crippen molar-refractivity contribution in [1.82, 2.24) is 5.32 Å². The largest absolute Gasteiger partial charge is 0.466 e. The van der Waals surface area contributed by atoms with Crippen LogP contribution in [0.2, 0.25) is 0 Å². The van der Waals surface area contributed by atoms with E-state index in [0.717, 1.165) is 0 Å². The van der Waals surface area contributed by atoms with Crippen molar-refractivity contribution >= 4 is 17.6 Å². The first-order valence-electron chi connectivity index (χ1n) is 7.90. The monoisotopic (exact) mass is 382 g/mol. The molecule has 0 aromatic heterocycles. The number of nitrogen functional groups attached to an aromatic ring is 1. The molecule has 0 bridgehead atoms. The van der Waals surface area contributed by atoms with Gasteiger partial charge in [0.15, 0.2) is 0 Å². The lowest BCUT2D eigenvalue weighted by Crippen LogP contribution is -2.32. The summed E-state index contributed by atoms with van der Waals surface area (Å²) in [4.78, 5) is 24.9. The number of esters is 2. The smallest absolute Gasteiger partial charge is 0.387 e.